The fourth-order valence-electron chi connectivity index (χ4n) is 2.32. The second kappa shape index (κ2) is 6.78. The molecule has 1 N–H and O–H groups in total. The molecule has 4 heteroatoms. The van der Waals surface area contributed by atoms with E-state index in [1.54, 1.807) is 0 Å². The van der Waals surface area contributed by atoms with Crippen LogP contribution in [0.3, 0.4) is 0 Å². The molecule has 0 radical (unpaired) electrons. The third kappa shape index (κ3) is 4.40. The van der Waals surface area contributed by atoms with E-state index in [2.05, 4.69) is 65.4 Å². The van der Waals surface area contributed by atoms with Crippen molar-refractivity contribution in [2.45, 2.75) is 0 Å². The molecule has 1 fully saturated rings. The van der Waals surface area contributed by atoms with E-state index in [0.717, 1.165) is 13.1 Å². The topological polar surface area (TPSA) is 21.8 Å². The first-order chi connectivity index (χ1) is 9.15. The van der Waals surface area contributed by atoms with E-state index in [-0.39, 0.29) is 0 Å². The van der Waals surface area contributed by atoms with Crippen LogP contribution in [0.5, 0.6) is 0 Å². The van der Waals surface area contributed by atoms with Gasteiger partial charge in [0.05, 0.1) is 0 Å². The van der Waals surface area contributed by atoms with Gasteiger partial charge in [0.2, 0.25) is 0 Å². The van der Waals surface area contributed by atoms with Crippen molar-refractivity contribution in [3.05, 3.63) is 24.3 Å². The van der Waals surface area contributed by atoms with Gasteiger partial charge in [0, 0.05) is 64.7 Å². The standard InChI is InChI=1S/C15H26N4/c1-17(2)15-6-4-5-14(13-15)16-7-8-19-11-9-18(3)10-12-19/h4-6,13,16H,7-12H2,1-3H3. The number of piperazine rings is 1. The molecular formula is C15H26N4. The molecule has 0 aliphatic carbocycles. The third-order valence-corrected chi connectivity index (χ3v) is 3.72. The van der Waals surface area contributed by atoms with Crippen molar-refractivity contribution in [2.75, 3.05) is 70.6 Å². The van der Waals surface area contributed by atoms with Crippen LogP contribution in [0.2, 0.25) is 0 Å². The van der Waals surface area contributed by atoms with E-state index >= 15 is 0 Å². The first-order valence-electron chi connectivity index (χ1n) is 7.07. The molecule has 1 aromatic carbocycles. The molecule has 0 unspecified atom stereocenters. The molecule has 1 aliphatic rings. The fourth-order valence-corrected chi connectivity index (χ4v) is 2.32. The zero-order chi connectivity index (χ0) is 13.7. The molecule has 19 heavy (non-hydrogen) atoms. The summed E-state index contributed by atoms with van der Waals surface area (Å²) in [4.78, 5) is 7.05. The Hall–Kier alpha value is -1.26. The lowest BCUT2D eigenvalue weighted by Gasteiger charge is -2.32. The maximum Gasteiger partial charge on any atom is 0.0381 e. The van der Waals surface area contributed by atoms with Crippen LogP contribution in [0, 0.1) is 0 Å². The largest absolute Gasteiger partial charge is 0.384 e. The van der Waals surface area contributed by atoms with Crippen molar-refractivity contribution >= 4 is 11.4 Å². The Kier molecular flexibility index (Phi) is 5.05. The summed E-state index contributed by atoms with van der Waals surface area (Å²) in [5.74, 6) is 0. The van der Waals surface area contributed by atoms with Crippen molar-refractivity contribution < 1.29 is 0 Å². The molecule has 0 aromatic heterocycles. The predicted molar refractivity (Wildman–Crippen MR) is 83.2 cm³/mol. The van der Waals surface area contributed by atoms with E-state index < -0.39 is 0 Å². The van der Waals surface area contributed by atoms with Crippen LogP contribution in [0.15, 0.2) is 24.3 Å². The maximum absolute atomic E-state index is 3.52. The molecule has 4 nitrogen and oxygen atoms in total. The minimum Gasteiger partial charge on any atom is -0.384 e. The van der Waals surface area contributed by atoms with Crippen molar-refractivity contribution in [3.63, 3.8) is 0 Å². The molecule has 0 spiro atoms. The number of nitrogens with one attached hydrogen (secondary N) is 1. The van der Waals surface area contributed by atoms with Gasteiger partial charge < -0.3 is 15.1 Å². The molecule has 2 rings (SSSR count). The van der Waals surface area contributed by atoms with Gasteiger partial charge in [0.25, 0.3) is 0 Å². The maximum atomic E-state index is 3.52. The van der Waals surface area contributed by atoms with Gasteiger partial charge in [0.1, 0.15) is 0 Å². The molecule has 106 valence electrons. The predicted octanol–water partition coefficient (Wildman–Crippen LogP) is 1.41. The summed E-state index contributed by atoms with van der Waals surface area (Å²) in [5, 5.41) is 3.52. The van der Waals surface area contributed by atoms with Crippen LogP contribution in [0.1, 0.15) is 0 Å². The summed E-state index contributed by atoms with van der Waals surface area (Å²) in [6, 6.07) is 8.57. The van der Waals surface area contributed by atoms with E-state index in [9.17, 15) is 0 Å². The second-order valence-corrected chi connectivity index (χ2v) is 5.52. The Morgan fingerprint density at radius 1 is 1.16 bits per heavy atom. The fraction of sp³-hybridized carbons (Fsp3) is 0.600. The molecule has 0 saturated carbocycles. The van der Waals surface area contributed by atoms with Crippen molar-refractivity contribution in [3.8, 4) is 0 Å². The molecular weight excluding hydrogens is 236 g/mol. The van der Waals surface area contributed by atoms with Crippen LogP contribution in [0.25, 0.3) is 0 Å². The Balaban J connectivity index is 1.75. The number of benzene rings is 1. The highest BCUT2D eigenvalue weighted by molar-refractivity contribution is 5.57. The highest BCUT2D eigenvalue weighted by Gasteiger charge is 2.12. The lowest BCUT2D eigenvalue weighted by Crippen LogP contribution is -2.45. The SMILES string of the molecule is CN1CCN(CCNc2cccc(N(C)C)c2)CC1. The van der Waals surface area contributed by atoms with Crippen LogP contribution in [-0.4, -0.2) is 70.2 Å². The highest BCUT2D eigenvalue weighted by Crippen LogP contribution is 2.16. The summed E-state index contributed by atoms with van der Waals surface area (Å²) in [7, 11) is 6.34. The monoisotopic (exact) mass is 262 g/mol. The lowest BCUT2D eigenvalue weighted by atomic mass is 10.2. The van der Waals surface area contributed by atoms with Crippen LogP contribution in [-0.2, 0) is 0 Å². The van der Waals surface area contributed by atoms with Gasteiger partial charge in [-0.2, -0.15) is 0 Å². The van der Waals surface area contributed by atoms with E-state index in [1.807, 2.05) is 0 Å². The van der Waals surface area contributed by atoms with Crippen molar-refractivity contribution in [1.29, 1.82) is 0 Å². The molecule has 1 saturated heterocycles. The Labute approximate surface area is 117 Å². The van der Waals surface area contributed by atoms with Crippen LogP contribution >= 0.6 is 0 Å². The van der Waals surface area contributed by atoms with Gasteiger partial charge >= 0.3 is 0 Å². The van der Waals surface area contributed by atoms with Crippen LogP contribution in [0.4, 0.5) is 11.4 Å². The highest BCUT2D eigenvalue weighted by atomic mass is 15.2. The van der Waals surface area contributed by atoms with Gasteiger partial charge in [-0.3, -0.25) is 4.90 Å². The summed E-state index contributed by atoms with van der Waals surface area (Å²) < 4.78 is 0. The van der Waals surface area contributed by atoms with Gasteiger partial charge in [-0.05, 0) is 25.2 Å². The summed E-state index contributed by atoms with van der Waals surface area (Å²) in [6.07, 6.45) is 0. The second-order valence-electron chi connectivity index (χ2n) is 5.52. The Morgan fingerprint density at radius 3 is 2.58 bits per heavy atom. The molecule has 1 aliphatic heterocycles. The van der Waals surface area contributed by atoms with Gasteiger partial charge in [-0.25, -0.2) is 0 Å². The first kappa shape index (κ1) is 14.2. The lowest BCUT2D eigenvalue weighted by molar-refractivity contribution is 0.158. The number of likely N-dealkylation sites (N-methyl/N-ethyl adjacent to an activating group) is 1. The van der Waals surface area contributed by atoms with Crippen LogP contribution < -0.4 is 10.2 Å². The Bertz CT molecular complexity index is 383. The summed E-state index contributed by atoms with van der Waals surface area (Å²) in [5.41, 5.74) is 2.45. The zero-order valence-corrected chi connectivity index (χ0v) is 12.4. The summed E-state index contributed by atoms with van der Waals surface area (Å²) >= 11 is 0. The first-order valence-corrected chi connectivity index (χ1v) is 7.07. The number of hydrogen-bond acceptors (Lipinski definition) is 4. The Morgan fingerprint density at radius 2 is 1.89 bits per heavy atom. The number of anilines is 2. The van der Waals surface area contributed by atoms with Gasteiger partial charge in [-0.1, -0.05) is 6.07 Å². The molecule has 1 heterocycles. The van der Waals surface area contributed by atoms with E-state index in [1.165, 1.54) is 37.6 Å². The van der Waals surface area contributed by atoms with Crippen molar-refractivity contribution in [2.24, 2.45) is 0 Å². The summed E-state index contributed by atoms with van der Waals surface area (Å²) in [6.45, 7) is 6.90. The minimum absolute atomic E-state index is 1.01. The van der Waals surface area contributed by atoms with E-state index in [4.69, 9.17) is 0 Å². The third-order valence-electron chi connectivity index (χ3n) is 3.72. The van der Waals surface area contributed by atoms with Crippen molar-refractivity contribution in [1.82, 2.24) is 9.80 Å². The molecule has 0 bridgehead atoms. The normalized spacial score (nSPS) is 17.4. The number of nitrogens with zero attached hydrogens (tertiary/aromatic N) is 3. The average molecular weight is 262 g/mol. The quantitative estimate of drug-likeness (QED) is 0.866. The van der Waals surface area contributed by atoms with E-state index in [0.29, 0.717) is 0 Å². The molecule has 1 aromatic rings. The number of hydrogen-bond donors (Lipinski definition) is 1. The number of rotatable bonds is 5. The molecule has 0 atom stereocenters. The van der Waals surface area contributed by atoms with Gasteiger partial charge in [-0.15, -0.1) is 0 Å². The average Bonchev–Trinajstić information content (AvgIpc) is 2.41. The zero-order valence-electron chi connectivity index (χ0n) is 12.4. The smallest absolute Gasteiger partial charge is 0.0381 e. The molecule has 0 amide bonds. The van der Waals surface area contributed by atoms with Gasteiger partial charge in [0.15, 0.2) is 0 Å². The minimum atomic E-state index is 1.01.